The van der Waals surface area contributed by atoms with Crippen molar-refractivity contribution < 1.29 is 9.18 Å². The van der Waals surface area contributed by atoms with Gasteiger partial charge >= 0.3 is 0 Å². The normalized spacial score (nSPS) is 15.4. The van der Waals surface area contributed by atoms with Crippen molar-refractivity contribution in [2.45, 2.75) is 105 Å². The van der Waals surface area contributed by atoms with Crippen LogP contribution in [0, 0.1) is 26.6 Å². The molecule has 1 N–H and O–H groups in total. The molecule has 4 heterocycles. The summed E-state index contributed by atoms with van der Waals surface area (Å²) in [5, 5.41) is 3.68. The Morgan fingerprint density at radius 1 is 1.08 bits per heavy atom. The summed E-state index contributed by atoms with van der Waals surface area (Å²) in [7, 11) is 0. The number of ketones is 1. The van der Waals surface area contributed by atoms with E-state index in [0.717, 1.165) is 62.1 Å². The van der Waals surface area contributed by atoms with Gasteiger partial charge in [-0.1, -0.05) is 33.6 Å². The first-order valence-corrected chi connectivity index (χ1v) is 14.7. The van der Waals surface area contributed by atoms with Crippen LogP contribution in [0.3, 0.4) is 0 Å². The Bertz CT molecular complexity index is 1250. The number of anilines is 1. The average Bonchev–Trinajstić information content (AvgIpc) is 3.52. The smallest absolute Gasteiger partial charge is 0.142 e. The fourth-order valence-corrected chi connectivity index (χ4v) is 5.34. The Labute approximate surface area is 234 Å². The zero-order valence-corrected chi connectivity index (χ0v) is 25.2. The number of rotatable bonds is 7. The Morgan fingerprint density at radius 2 is 1.79 bits per heavy atom. The molecule has 0 atom stereocenters. The molecule has 39 heavy (non-hydrogen) atoms. The second-order valence-electron chi connectivity index (χ2n) is 11.2. The lowest BCUT2D eigenvalue weighted by atomic mass is 10.0. The molecule has 6 nitrogen and oxygen atoms in total. The third kappa shape index (κ3) is 8.10. The van der Waals surface area contributed by atoms with Crippen LogP contribution in [0.1, 0.15) is 94.3 Å². The van der Waals surface area contributed by atoms with Crippen molar-refractivity contribution in [3.63, 3.8) is 0 Å². The van der Waals surface area contributed by atoms with E-state index in [4.69, 9.17) is 0 Å². The largest absolute Gasteiger partial charge is 0.368 e. The monoisotopic (exact) mass is 537 g/mol. The fraction of sp³-hybridized carbons (Fsp3) is 0.594. The zero-order valence-electron chi connectivity index (χ0n) is 25.2. The quantitative estimate of drug-likeness (QED) is 0.363. The van der Waals surface area contributed by atoms with Crippen LogP contribution in [0.4, 0.5) is 10.1 Å². The molecular formula is C32H48FN5O. The molecule has 0 radical (unpaired) electrons. The van der Waals surface area contributed by atoms with Crippen LogP contribution >= 0.6 is 0 Å². The van der Waals surface area contributed by atoms with E-state index in [-0.39, 0.29) is 11.6 Å². The fourth-order valence-electron chi connectivity index (χ4n) is 5.34. The summed E-state index contributed by atoms with van der Waals surface area (Å²) in [5.41, 5.74) is 7.61. The predicted octanol–water partition coefficient (Wildman–Crippen LogP) is 6.70. The van der Waals surface area contributed by atoms with Crippen molar-refractivity contribution in [1.82, 2.24) is 19.7 Å². The maximum atomic E-state index is 13.9. The van der Waals surface area contributed by atoms with Crippen LogP contribution < -0.4 is 10.2 Å². The predicted molar refractivity (Wildman–Crippen MR) is 159 cm³/mol. The summed E-state index contributed by atoms with van der Waals surface area (Å²) in [4.78, 5) is 21.4. The van der Waals surface area contributed by atoms with Gasteiger partial charge in [0.2, 0.25) is 0 Å². The van der Waals surface area contributed by atoms with Gasteiger partial charge in [0, 0.05) is 72.7 Å². The van der Waals surface area contributed by atoms with Crippen LogP contribution in [0.2, 0.25) is 0 Å². The van der Waals surface area contributed by atoms with Crippen LogP contribution in [0.25, 0.3) is 5.65 Å². The Morgan fingerprint density at radius 3 is 2.38 bits per heavy atom. The van der Waals surface area contributed by atoms with Gasteiger partial charge in [0.1, 0.15) is 17.2 Å². The van der Waals surface area contributed by atoms with E-state index in [1.54, 1.807) is 13.8 Å². The summed E-state index contributed by atoms with van der Waals surface area (Å²) >= 11 is 0. The summed E-state index contributed by atoms with van der Waals surface area (Å²) in [6, 6.07) is 2.21. The number of carbonyl (C=O) groups is 1. The van der Waals surface area contributed by atoms with Gasteiger partial charge < -0.3 is 19.4 Å². The number of piperazine rings is 1. The Balaban J connectivity index is 0.000000181. The molecule has 2 aliphatic rings. The van der Waals surface area contributed by atoms with Gasteiger partial charge in [0.05, 0.1) is 5.69 Å². The van der Waals surface area contributed by atoms with Gasteiger partial charge in [-0.25, -0.2) is 9.37 Å². The topological polar surface area (TPSA) is 62.5 Å². The summed E-state index contributed by atoms with van der Waals surface area (Å²) in [6.45, 7) is 17.2. The molecule has 3 aromatic heterocycles. The van der Waals surface area contributed by atoms with Gasteiger partial charge in [0.15, 0.2) is 0 Å². The van der Waals surface area contributed by atoms with Gasteiger partial charge in [-0.15, -0.1) is 0 Å². The lowest BCUT2D eigenvalue weighted by Gasteiger charge is -2.37. The molecule has 7 heteroatoms. The van der Waals surface area contributed by atoms with Crippen molar-refractivity contribution in [3.8, 4) is 0 Å². The number of aromatic nitrogens is 3. The van der Waals surface area contributed by atoms with Crippen molar-refractivity contribution in [2.24, 2.45) is 0 Å². The minimum absolute atomic E-state index is 0.102. The van der Waals surface area contributed by atoms with Gasteiger partial charge in [0.25, 0.3) is 0 Å². The molecule has 1 aliphatic heterocycles. The van der Waals surface area contributed by atoms with E-state index in [2.05, 4.69) is 47.0 Å². The highest BCUT2D eigenvalue weighted by atomic mass is 19.1. The average molecular weight is 538 g/mol. The van der Waals surface area contributed by atoms with Gasteiger partial charge in [-0.05, 0) is 71.4 Å². The molecule has 214 valence electrons. The molecule has 0 amide bonds. The standard InChI is InChI=1S/C15H23N3.C12H15FN2.C5H10O/c1-3-4-13-12(2)16-8-5-14(13)18-10-9-17-15(11-18)6-7-15;1-4-5-10-7-15-6-8(2)14-12(15)9(3)11(10)13;1-3-4-5(2)6/h5,8,17H,3-4,6-7,9-11H2,1-2H3;6-7H,4-5H2,1-3H3;3-4H2,1-2H3. The highest BCUT2D eigenvalue weighted by Gasteiger charge is 2.45. The maximum Gasteiger partial charge on any atom is 0.142 e. The minimum Gasteiger partial charge on any atom is -0.368 e. The van der Waals surface area contributed by atoms with Crippen LogP contribution in [-0.4, -0.2) is 45.3 Å². The van der Waals surface area contributed by atoms with Gasteiger partial charge in [-0.3, -0.25) is 4.98 Å². The highest BCUT2D eigenvalue weighted by Crippen LogP contribution is 2.39. The van der Waals surface area contributed by atoms with Crippen molar-refractivity contribution in [2.75, 3.05) is 24.5 Å². The molecule has 1 saturated heterocycles. The van der Waals surface area contributed by atoms with E-state index < -0.39 is 0 Å². The number of imidazole rings is 1. The third-order valence-corrected chi connectivity index (χ3v) is 7.53. The van der Waals surface area contributed by atoms with Crippen LogP contribution in [0.5, 0.6) is 0 Å². The number of Topliss-reactive ketones (excluding diaryl/α,β-unsaturated/α-hetero) is 1. The number of hydrogen-bond acceptors (Lipinski definition) is 5. The van der Waals surface area contributed by atoms with E-state index in [1.165, 1.54) is 42.8 Å². The van der Waals surface area contributed by atoms with Crippen molar-refractivity contribution in [3.05, 3.63) is 58.6 Å². The first kappa shape index (κ1) is 30.7. The molecule has 2 fully saturated rings. The number of pyridine rings is 2. The number of halogens is 1. The molecule has 1 spiro atoms. The van der Waals surface area contributed by atoms with Crippen molar-refractivity contribution >= 4 is 17.1 Å². The van der Waals surface area contributed by atoms with Gasteiger partial charge in [-0.2, -0.15) is 0 Å². The molecule has 0 aromatic carbocycles. The molecule has 1 saturated carbocycles. The lowest BCUT2D eigenvalue weighted by Crippen LogP contribution is -2.52. The lowest BCUT2D eigenvalue weighted by molar-refractivity contribution is -0.117. The Kier molecular flexibility index (Phi) is 11.0. The molecule has 1 aliphatic carbocycles. The van der Waals surface area contributed by atoms with Crippen LogP contribution in [0.15, 0.2) is 24.7 Å². The molecule has 3 aromatic rings. The SMILES string of the molecule is CCCC(C)=O.CCCc1c(N2CCNC3(CC3)C2)ccnc1C.CCCc1cn2cc(C)nc2c(C)c1F. The zero-order chi connectivity index (χ0) is 28.6. The second kappa shape index (κ2) is 14.0. The number of nitrogens with zero attached hydrogens (tertiary/aromatic N) is 4. The van der Waals surface area contributed by atoms with Crippen LogP contribution in [-0.2, 0) is 17.6 Å². The first-order chi connectivity index (χ1) is 18.6. The Hall–Kier alpha value is -2.80. The molecule has 0 unspecified atom stereocenters. The highest BCUT2D eigenvalue weighted by molar-refractivity contribution is 5.75. The summed E-state index contributed by atoms with van der Waals surface area (Å²) in [5.74, 6) is 0.187. The van der Waals surface area contributed by atoms with E-state index in [1.807, 2.05) is 36.8 Å². The van der Waals surface area contributed by atoms with E-state index in [0.29, 0.717) is 11.1 Å². The minimum atomic E-state index is -0.102. The van der Waals surface area contributed by atoms with Crippen molar-refractivity contribution in [1.29, 1.82) is 0 Å². The second-order valence-corrected chi connectivity index (χ2v) is 11.2. The molecular weight excluding hydrogens is 489 g/mol. The van der Waals surface area contributed by atoms with E-state index >= 15 is 0 Å². The number of aryl methyl sites for hydroxylation is 4. The first-order valence-electron chi connectivity index (χ1n) is 14.7. The number of hydrogen-bond donors (Lipinski definition) is 1. The number of nitrogens with one attached hydrogen (secondary N) is 1. The van der Waals surface area contributed by atoms with E-state index in [9.17, 15) is 9.18 Å². The molecule has 0 bridgehead atoms. The third-order valence-electron chi connectivity index (χ3n) is 7.53. The maximum absolute atomic E-state index is 13.9. The summed E-state index contributed by atoms with van der Waals surface area (Å²) < 4.78 is 15.8. The number of carbonyl (C=O) groups excluding carboxylic acids is 1. The molecule has 5 rings (SSSR count). The summed E-state index contributed by atoms with van der Waals surface area (Å²) in [6.07, 6.45) is 14.2. The number of fused-ring (bicyclic) bond motifs is 1.